The van der Waals surface area contributed by atoms with E-state index in [1.807, 2.05) is 12.1 Å². The van der Waals surface area contributed by atoms with Crippen LogP contribution < -0.4 is 9.47 Å². The van der Waals surface area contributed by atoms with E-state index in [9.17, 15) is 9.18 Å². The summed E-state index contributed by atoms with van der Waals surface area (Å²) >= 11 is 12.1. The van der Waals surface area contributed by atoms with Gasteiger partial charge in [0.05, 0.1) is 21.2 Å². The summed E-state index contributed by atoms with van der Waals surface area (Å²) in [6.45, 7) is 1.53. The standard InChI is InChI=1S/C24H16Cl2FNO3/c25-19-6-4-15(9-20(19)26)11-28-12-18-21(30-13-28)7-5-17-23(29)22(31-24(17)18)10-14-2-1-3-16(27)8-14/h1-10H,11-13H2/b22-10-. The topological polar surface area (TPSA) is 38.8 Å². The van der Waals surface area contributed by atoms with Crippen LogP contribution in [0, 0.1) is 5.82 Å². The average Bonchev–Trinajstić information content (AvgIpc) is 3.07. The van der Waals surface area contributed by atoms with Crippen molar-refractivity contribution in [2.45, 2.75) is 13.1 Å². The Labute approximate surface area is 188 Å². The SMILES string of the molecule is O=C1/C(=C/c2cccc(F)c2)Oc2c1ccc1c2CN(Cc2ccc(Cl)c(Cl)c2)CO1. The molecule has 2 heterocycles. The number of ether oxygens (including phenoxy) is 2. The number of hydrogen-bond acceptors (Lipinski definition) is 4. The molecule has 0 saturated heterocycles. The number of hydrogen-bond donors (Lipinski definition) is 0. The summed E-state index contributed by atoms with van der Waals surface area (Å²) in [5.41, 5.74) is 2.83. The zero-order chi connectivity index (χ0) is 21.5. The van der Waals surface area contributed by atoms with E-state index in [2.05, 4.69) is 4.90 Å². The molecule has 0 fully saturated rings. The highest BCUT2D eigenvalue weighted by molar-refractivity contribution is 6.42. The Morgan fingerprint density at radius 1 is 1.06 bits per heavy atom. The van der Waals surface area contributed by atoms with Crippen LogP contribution >= 0.6 is 23.2 Å². The Hall–Kier alpha value is -2.86. The number of halogens is 3. The Morgan fingerprint density at radius 2 is 1.94 bits per heavy atom. The van der Waals surface area contributed by atoms with Gasteiger partial charge < -0.3 is 9.47 Å². The summed E-state index contributed by atoms with van der Waals surface area (Å²) in [6, 6.07) is 15.0. The lowest BCUT2D eigenvalue weighted by Crippen LogP contribution is -2.31. The van der Waals surface area contributed by atoms with Crippen LogP contribution in [0.15, 0.2) is 60.4 Å². The molecule has 3 aromatic rings. The van der Waals surface area contributed by atoms with Crippen molar-refractivity contribution in [3.63, 3.8) is 0 Å². The lowest BCUT2D eigenvalue weighted by molar-refractivity contribution is 0.0873. The van der Waals surface area contributed by atoms with E-state index in [4.69, 9.17) is 32.7 Å². The highest BCUT2D eigenvalue weighted by Crippen LogP contribution is 2.42. The van der Waals surface area contributed by atoms with E-state index >= 15 is 0 Å². The molecule has 0 spiro atoms. The molecule has 0 atom stereocenters. The number of benzene rings is 3. The normalized spacial score (nSPS) is 16.6. The Kier molecular flexibility index (Phi) is 5.18. The summed E-state index contributed by atoms with van der Waals surface area (Å²) in [5.74, 6) is 0.730. The summed E-state index contributed by atoms with van der Waals surface area (Å²) in [7, 11) is 0. The first-order valence-electron chi connectivity index (χ1n) is 9.63. The second-order valence-corrected chi connectivity index (χ2v) is 8.24. The maximum absolute atomic E-state index is 13.5. The van der Waals surface area contributed by atoms with Gasteiger partial charge in [0.1, 0.15) is 24.0 Å². The monoisotopic (exact) mass is 455 g/mol. The van der Waals surface area contributed by atoms with Gasteiger partial charge in [0, 0.05) is 13.1 Å². The van der Waals surface area contributed by atoms with Gasteiger partial charge in [0.15, 0.2) is 5.76 Å². The third kappa shape index (κ3) is 3.92. The predicted molar refractivity (Wildman–Crippen MR) is 117 cm³/mol. The van der Waals surface area contributed by atoms with Crippen molar-refractivity contribution in [2.24, 2.45) is 0 Å². The molecule has 0 unspecified atom stereocenters. The van der Waals surface area contributed by atoms with Crippen molar-refractivity contribution in [3.05, 3.63) is 98.5 Å². The van der Waals surface area contributed by atoms with Crippen LogP contribution in [-0.2, 0) is 13.1 Å². The van der Waals surface area contributed by atoms with Gasteiger partial charge >= 0.3 is 0 Å². The van der Waals surface area contributed by atoms with E-state index in [-0.39, 0.29) is 17.4 Å². The Bertz CT molecular complexity index is 1240. The first kappa shape index (κ1) is 20.1. The molecule has 0 amide bonds. The van der Waals surface area contributed by atoms with Gasteiger partial charge in [-0.25, -0.2) is 4.39 Å². The lowest BCUT2D eigenvalue weighted by atomic mass is 10.0. The zero-order valence-corrected chi connectivity index (χ0v) is 17.7. The molecule has 3 aromatic carbocycles. The van der Waals surface area contributed by atoms with Crippen molar-refractivity contribution in [2.75, 3.05) is 6.73 Å². The van der Waals surface area contributed by atoms with Crippen LogP contribution in [0.4, 0.5) is 4.39 Å². The first-order chi connectivity index (χ1) is 15.0. The fourth-order valence-corrected chi connectivity index (χ4v) is 4.07. The number of ketones is 1. The van der Waals surface area contributed by atoms with Crippen molar-refractivity contribution < 1.29 is 18.7 Å². The second-order valence-electron chi connectivity index (χ2n) is 7.42. The number of carbonyl (C=O) groups is 1. The molecule has 0 bridgehead atoms. The molecule has 0 aromatic heterocycles. The maximum atomic E-state index is 13.5. The number of Topliss-reactive ketones (excluding diaryl/α,β-unsaturated/α-hetero) is 1. The predicted octanol–water partition coefficient (Wildman–Crippen LogP) is 6.10. The zero-order valence-electron chi connectivity index (χ0n) is 16.2. The van der Waals surface area contributed by atoms with Crippen molar-refractivity contribution in [1.82, 2.24) is 4.90 Å². The molecule has 4 nitrogen and oxygen atoms in total. The minimum absolute atomic E-state index is 0.163. The molecule has 0 N–H and O–H groups in total. The summed E-state index contributed by atoms with van der Waals surface area (Å²) in [6.07, 6.45) is 1.55. The number of carbonyl (C=O) groups excluding carboxylic acids is 1. The van der Waals surface area contributed by atoms with Crippen LogP contribution in [0.1, 0.15) is 27.0 Å². The van der Waals surface area contributed by atoms with Crippen LogP contribution in [0.25, 0.3) is 6.08 Å². The van der Waals surface area contributed by atoms with E-state index in [0.717, 1.165) is 11.1 Å². The van der Waals surface area contributed by atoms with E-state index in [1.165, 1.54) is 12.1 Å². The van der Waals surface area contributed by atoms with Crippen LogP contribution in [0.3, 0.4) is 0 Å². The summed E-state index contributed by atoms with van der Waals surface area (Å²) in [4.78, 5) is 14.9. The third-order valence-electron chi connectivity index (χ3n) is 5.22. The maximum Gasteiger partial charge on any atom is 0.231 e. The van der Waals surface area contributed by atoms with Gasteiger partial charge in [0.25, 0.3) is 0 Å². The fraction of sp³-hybridized carbons (Fsp3) is 0.125. The van der Waals surface area contributed by atoms with E-state index < -0.39 is 0 Å². The molecule has 0 aliphatic carbocycles. The second kappa shape index (κ2) is 8.00. The molecular weight excluding hydrogens is 440 g/mol. The molecule has 2 aliphatic heterocycles. The minimum atomic E-state index is -0.374. The van der Waals surface area contributed by atoms with Crippen LogP contribution in [0.5, 0.6) is 11.5 Å². The molecule has 2 aliphatic rings. The molecule has 5 rings (SSSR count). The van der Waals surface area contributed by atoms with E-state index in [0.29, 0.717) is 52.5 Å². The van der Waals surface area contributed by atoms with Gasteiger partial charge in [-0.15, -0.1) is 0 Å². The van der Waals surface area contributed by atoms with Gasteiger partial charge in [-0.3, -0.25) is 9.69 Å². The summed E-state index contributed by atoms with van der Waals surface area (Å²) < 4.78 is 25.3. The molecular formula is C24H16Cl2FNO3. The smallest absolute Gasteiger partial charge is 0.231 e. The van der Waals surface area contributed by atoms with Gasteiger partial charge in [-0.2, -0.15) is 0 Å². The third-order valence-corrected chi connectivity index (χ3v) is 5.96. The number of nitrogens with zero attached hydrogens (tertiary/aromatic N) is 1. The van der Waals surface area contributed by atoms with E-state index in [1.54, 1.807) is 36.4 Å². The van der Waals surface area contributed by atoms with Gasteiger partial charge in [-0.1, -0.05) is 41.4 Å². The highest BCUT2D eigenvalue weighted by atomic mass is 35.5. The Morgan fingerprint density at radius 3 is 2.74 bits per heavy atom. The summed E-state index contributed by atoms with van der Waals surface area (Å²) in [5, 5.41) is 1.01. The number of rotatable bonds is 3. The van der Waals surface area contributed by atoms with Crippen LogP contribution in [0.2, 0.25) is 10.0 Å². The fourth-order valence-electron chi connectivity index (χ4n) is 3.75. The first-order valence-corrected chi connectivity index (χ1v) is 10.4. The quantitative estimate of drug-likeness (QED) is 0.447. The molecule has 0 saturated carbocycles. The molecule has 0 radical (unpaired) electrons. The lowest BCUT2D eigenvalue weighted by Gasteiger charge is -2.29. The minimum Gasteiger partial charge on any atom is -0.478 e. The largest absolute Gasteiger partial charge is 0.478 e. The number of allylic oxidation sites excluding steroid dienone is 1. The highest BCUT2D eigenvalue weighted by Gasteiger charge is 2.33. The van der Waals surface area contributed by atoms with Crippen LogP contribution in [-0.4, -0.2) is 17.4 Å². The van der Waals surface area contributed by atoms with Crippen molar-refractivity contribution in [3.8, 4) is 11.5 Å². The molecule has 156 valence electrons. The van der Waals surface area contributed by atoms with Gasteiger partial charge in [-0.05, 0) is 53.6 Å². The molecule has 7 heteroatoms. The molecule has 31 heavy (non-hydrogen) atoms. The Balaban J connectivity index is 1.42. The number of fused-ring (bicyclic) bond motifs is 3. The van der Waals surface area contributed by atoms with Crippen molar-refractivity contribution >= 4 is 35.1 Å². The van der Waals surface area contributed by atoms with Gasteiger partial charge in [0.2, 0.25) is 5.78 Å². The van der Waals surface area contributed by atoms with Crippen molar-refractivity contribution in [1.29, 1.82) is 0 Å². The average molecular weight is 456 g/mol.